The molecule has 0 unspecified atom stereocenters. The average molecular weight is 614 g/mol. The standard InChI is InChI=1S/C25H22F3N3O8S2/c1-5-11-38-24(33)39-22-15(2)30(18-8-6-7-17(13-18)25(26,27)28)23(32)31(41(4,36)37)21(22)19-10-9-16(14-29)12-20(19)40(3,34)35/h5-10,12-13,21H,1,11H2,2-4H3/t21-/m0/s1. The molecule has 41 heavy (non-hydrogen) atoms. The number of allylic oxidation sites excluding steroid dienone is 1. The quantitative estimate of drug-likeness (QED) is 0.325. The molecule has 1 atom stereocenters. The highest BCUT2D eigenvalue weighted by molar-refractivity contribution is 7.90. The molecule has 16 heteroatoms. The summed E-state index contributed by atoms with van der Waals surface area (Å²) in [5, 5.41) is 9.29. The number of hydrogen-bond donors (Lipinski definition) is 0. The normalized spacial score (nSPS) is 16.3. The Hall–Kier alpha value is -4.36. The highest BCUT2D eigenvalue weighted by Gasteiger charge is 2.48. The van der Waals surface area contributed by atoms with E-state index in [4.69, 9.17) is 9.47 Å². The van der Waals surface area contributed by atoms with Gasteiger partial charge in [0.2, 0.25) is 10.0 Å². The minimum absolute atomic E-state index is 0.124. The van der Waals surface area contributed by atoms with Crippen molar-refractivity contribution in [2.24, 2.45) is 0 Å². The molecule has 0 saturated heterocycles. The monoisotopic (exact) mass is 613 g/mol. The molecule has 11 nitrogen and oxygen atoms in total. The summed E-state index contributed by atoms with van der Waals surface area (Å²) in [6, 6.07) is 4.95. The zero-order valence-electron chi connectivity index (χ0n) is 21.7. The lowest BCUT2D eigenvalue weighted by atomic mass is 9.99. The second-order valence-corrected chi connectivity index (χ2v) is 12.5. The number of nitriles is 1. The molecule has 1 aliphatic rings. The number of carbonyl (C=O) groups is 2. The first-order chi connectivity index (χ1) is 18.9. The lowest BCUT2D eigenvalue weighted by molar-refractivity contribution is -0.137. The van der Waals surface area contributed by atoms with Gasteiger partial charge in [-0.3, -0.25) is 4.90 Å². The fourth-order valence-electron chi connectivity index (χ4n) is 4.02. The molecule has 218 valence electrons. The van der Waals surface area contributed by atoms with Crippen LogP contribution in [0.15, 0.2) is 71.5 Å². The van der Waals surface area contributed by atoms with Gasteiger partial charge >= 0.3 is 18.4 Å². The first kappa shape index (κ1) is 31.2. The zero-order valence-corrected chi connectivity index (χ0v) is 23.3. The number of benzene rings is 2. The number of ether oxygens (including phenoxy) is 2. The predicted molar refractivity (Wildman–Crippen MR) is 138 cm³/mol. The second-order valence-electron chi connectivity index (χ2n) is 8.67. The van der Waals surface area contributed by atoms with Crippen LogP contribution in [0.3, 0.4) is 0 Å². The largest absolute Gasteiger partial charge is 0.513 e. The van der Waals surface area contributed by atoms with Gasteiger partial charge in [0.05, 0.1) is 39.7 Å². The first-order valence-electron chi connectivity index (χ1n) is 11.3. The highest BCUT2D eigenvalue weighted by atomic mass is 32.2. The minimum Gasteiger partial charge on any atom is -0.430 e. The van der Waals surface area contributed by atoms with Gasteiger partial charge in [0.15, 0.2) is 15.6 Å². The van der Waals surface area contributed by atoms with Crippen molar-refractivity contribution in [3.63, 3.8) is 0 Å². The third-order valence-electron chi connectivity index (χ3n) is 5.69. The Morgan fingerprint density at radius 3 is 2.34 bits per heavy atom. The van der Waals surface area contributed by atoms with Crippen molar-refractivity contribution < 1.29 is 49.1 Å². The van der Waals surface area contributed by atoms with Crippen molar-refractivity contribution in [1.82, 2.24) is 4.31 Å². The van der Waals surface area contributed by atoms with Crippen LogP contribution in [0.4, 0.5) is 28.4 Å². The summed E-state index contributed by atoms with van der Waals surface area (Å²) in [5.41, 5.74) is -2.44. The topological polar surface area (TPSA) is 151 Å². The van der Waals surface area contributed by atoms with E-state index in [1.165, 1.54) is 6.08 Å². The van der Waals surface area contributed by atoms with Crippen LogP contribution < -0.4 is 4.90 Å². The maximum absolute atomic E-state index is 13.8. The molecule has 3 rings (SSSR count). The number of anilines is 1. The molecule has 0 saturated carbocycles. The lowest BCUT2D eigenvalue weighted by Gasteiger charge is -2.41. The van der Waals surface area contributed by atoms with E-state index in [-0.39, 0.29) is 27.7 Å². The Labute approximate surface area is 233 Å². The Kier molecular flexibility index (Phi) is 8.56. The first-order valence-corrected chi connectivity index (χ1v) is 15.1. The fraction of sp³-hybridized carbons (Fsp3) is 0.240. The Morgan fingerprint density at radius 1 is 1.15 bits per heavy atom. The molecule has 2 amide bonds. The summed E-state index contributed by atoms with van der Waals surface area (Å²) in [6.45, 7) is 4.18. The van der Waals surface area contributed by atoms with E-state index in [2.05, 4.69) is 6.58 Å². The third-order valence-corrected chi connectivity index (χ3v) is 7.93. The maximum atomic E-state index is 13.8. The molecule has 2 aromatic carbocycles. The van der Waals surface area contributed by atoms with Crippen LogP contribution in [0.5, 0.6) is 0 Å². The minimum atomic E-state index is -4.83. The smallest absolute Gasteiger partial charge is 0.430 e. The Balaban J connectivity index is 2.44. The summed E-state index contributed by atoms with van der Waals surface area (Å²) in [4.78, 5) is 26.3. The van der Waals surface area contributed by atoms with Crippen LogP contribution >= 0.6 is 0 Å². The summed E-state index contributed by atoms with van der Waals surface area (Å²) >= 11 is 0. The van der Waals surface area contributed by atoms with Crippen molar-refractivity contribution in [2.45, 2.75) is 24.0 Å². The molecule has 0 aromatic heterocycles. The number of carbonyl (C=O) groups excluding carboxylic acids is 2. The van der Waals surface area contributed by atoms with Crippen LogP contribution in [0.2, 0.25) is 0 Å². The summed E-state index contributed by atoms with van der Waals surface area (Å²) in [5.74, 6) is -0.642. The fourth-order valence-corrected chi connectivity index (χ4v) is 5.93. The van der Waals surface area contributed by atoms with E-state index >= 15 is 0 Å². The SMILES string of the molecule is C=CCOC(=O)OC1=C(C)N(c2cccc(C(F)(F)F)c2)C(=O)N(S(C)(=O)=O)[C@H]1c1ccc(C#N)cc1S(C)(=O)=O. The van der Waals surface area contributed by atoms with Crippen LogP contribution in [-0.4, -0.2) is 52.4 Å². The van der Waals surface area contributed by atoms with Crippen molar-refractivity contribution in [1.29, 1.82) is 5.26 Å². The van der Waals surface area contributed by atoms with Gasteiger partial charge in [0.1, 0.15) is 12.6 Å². The summed E-state index contributed by atoms with van der Waals surface area (Å²) in [7, 11) is -8.86. The maximum Gasteiger partial charge on any atom is 0.513 e. The Morgan fingerprint density at radius 2 is 1.80 bits per heavy atom. The molecule has 0 radical (unpaired) electrons. The van der Waals surface area contributed by atoms with Crippen LogP contribution in [0.1, 0.15) is 29.7 Å². The van der Waals surface area contributed by atoms with Crippen LogP contribution in [0, 0.1) is 11.3 Å². The zero-order chi connectivity index (χ0) is 30.9. The van der Waals surface area contributed by atoms with E-state index in [0.717, 1.165) is 49.6 Å². The van der Waals surface area contributed by atoms with Gasteiger partial charge in [0.25, 0.3) is 0 Å². The van der Waals surface area contributed by atoms with E-state index in [0.29, 0.717) is 17.2 Å². The number of sulfonamides is 1. The number of nitrogens with zero attached hydrogens (tertiary/aromatic N) is 3. The van der Waals surface area contributed by atoms with E-state index in [1.54, 1.807) is 6.07 Å². The molecule has 1 heterocycles. The molecular formula is C25H22F3N3O8S2. The molecular weight excluding hydrogens is 591 g/mol. The molecule has 0 N–H and O–H groups in total. The van der Waals surface area contributed by atoms with Gasteiger partial charge in [-0.25, -0.2) is 30.7 Å². The summed E-state index contributed by atoms with van der Waals surface area (Å²) in [6.07, 6.45) is -3.69. The molecule has 0 spiro atoms. The van der Waals surface area contributed by atoms with Gasteiger partial charge in [-0.05, 0) is 37.3 Å². The second kappa shape index (κ2) is 11.3. The van der Waals surface area contributed by atoms with Crippen LogP contribution in [-0.2, 0) is 35.5 Å². The number of sulfone groups is 1. The van der Waals surface area contributed by atoms with Crippen molar-refractivity contribution >= 4 is 37.7 Å². The molecule has 2 aromatic rings. The molecule has 0 bridgehead atoms. The van der Waals surface area contributed by atoms with Gasteiger partial charge in [-0.1, -0.05) is 24.8 Å². The van der Waals surface area contributed by atoms with Crippen molar-refractivity contribution in [3.05, 3.63) is 83.3 Å². The highest BCUT2D eigenvalue weighted by Crippen LogP contribution is 2.44. The molecule has 1 aliphatic heterocycles. The Bertz CT molecular complexity index is 1710. The van der Waals surface area contributed by atoms with Gasteiger partial charge in [-0.2, -0.15) is 18.4 Å². The van der Waals surface area contributed by atoms with Gasteiger partial charge < -0.3 is 9.47 Å². The average Bonchev–Trinajstić information content (AvgIpc) is 2.87. The number of alkyl halides is 3. The van der Waals surface area contributed by atoms with E-state index in [1.807, 2.05) is 0 Å². The van der Waals surface area contributed by atoms with E-state index < -0.39 is 66.2 Å². The molecule has 0 fully saturated rings. The number of amides is 2. The predicted octanol–water partition coefficient (Wildman–Crippen LogP) is 4.49. The van der Waals surface area contributed by atoms with Gasteiger partial charge in [-0.15, -0.1) is 0 Å². The van der Waals surface area contributed by atoms with Crippen molar-refractivity contribution in [3.8, 4) is 6.07 Å². The number of rotatable bonds is 7. The summed E-state index contributed by atoms with van der Waals surface area (Å²) < 4.78 is 102. The number of halogens is 3. The lowest BCUT2D eigenvalue weighted by Crippen LogP contribution is -2.52. The number of hydrogen-bond acceptors (Lipinski definition) is 9. The van der Waals surface area contributed by atoms with Crippen molar-refractivity contribution in [2.75, 3.05) is 24.0 Å². The third kappa shape index (κ3) is 6.52. The van der Waals surface area contributed by atoms with Crippen LogP contribution in [0.25, 0.3) is 0 Å². The van der Waals surface area contributed by atoms with E-state index in [9.17, 15) is 44.9 Å². The molecule has 0 aliphatic carbocycles. The van der Waals surface area contributed by atoms with Gasteiger partial charge in [0, 0.05) is 11.8 Å². The number of urea groups is 1.